The van der Waals surface area contributed by atoms with Crippen molar-refractivity contribution in [2.75, 3.05) is 0 Å². The van der Waals surface area contributed by atoms with E-state index in [1.54, 1.807) is 0 Å². The van der Waals surface area contributed by atoms with Gasteiger partial charge in [-0.1, -0.05) is 59.3 Å². The van der Waals surface area contributed by atoms with Crippen molar-refractivity contribution in [1.29, 1.82) is 0 Å². The Labute approximate surface area is 123 Å². The minimum atomic E-state index is 0.488. The minimum Gasteiger partial charge on any atom is -0.0766 e. The Morgan fingerprint density at radius 3 is 2.58 bits per heavy atom. The summed E-state index contributed by atoms with van der Waals surface area (Å²) in [6.07, 6.45) is 4.52. The van der Waals surface area contributed by atoms with Crippen LogP contribution in [0.2, 0.25) is 0 Å². The molecule has 1 unspecified atom stereocenters. The molecule has 0 spiro atoms. The first kappa shape index (κ1) is 12.7. The summed E-state index contributed by atoms with van der Waals surface area (Å²) < 4.78 is 1.19. The molecule has 0 amide bonds. The number of hydrogen-bond donors (Lipinski definition) is 0. The molecule has 1 aliphatic rings. The Morgan fingerprint density at radius 1 is 1.00 bits per heavy atom. The zero-order chi connectivity index (χ0) is 13.6. The highest BCUT2D eigenvalue weighted by Crippen LogP contribution is 2.42. The van der Waals surface area contributed by atoms with E-state index in [0.29, 0.717) is 5.92 Å². The second kappa shape index (κ2) is 4.64. The minimum absolute atomic E-state index is 0.488. The molecule has 0 N–H and O–H groups in total. The first-order valence-corrected chi connectivity index (χ1v) is 7.46. The zero-order valence-electron chi connectivity index (χ0n) is 11.5. The van der Waals surface area contributed by atoms with Crippen LogP contribution in [0.1, 0.15) is 35.1 Å². The lowest BCUT2D eigenvalue weighted by atomic mass is 9.89. The van der Waals surface area contributed by atoms with Crippen molar-refractivity contribution in [3.05, 3.63) is 63.1 Å². The van der Waals surface area contributed by atoms with Crippen molar-refractivity contribution in [2.24, 2.45) is 0 Å². The quantitative estimate of drug-likeness (QED) is 0.618. The van der Waals surface area contributed by atoms with E-state index in [9.17, 15) is 0 Å². The number of benzene rings is 2. The predicted octanol–water partition coefficient (Wildman–Crippen LogP) is 5.86. The normalized spacial score (nSPS) is 16.7. The van der Waals surface area contributed by atoms with Crippen LogP contribution in [0, 0.1) is 13.8 Å². The largest absolute Gasteiger partial charge is 0.0766 e. The van der Waals surface area contributed by atoms with Crippen molar-refractivity contribution >= 4 is 22.0 Å². The van der Waals surface area contributed by atoms with Crippen molar-refractivity contribution in [3.8, 4) is 11.1 Å². The third kappa shape index (κ3) is 1.97. The van der Waals surface area contributed by atoms with E-state index in [1.807, 2.05) is 0 Å². The summed E-state index contributed by atoms with van der Waals surface area (Å²) in [4.78, 5) is 0. The molecule has 0 aliphatic heterocycles. The number of fused-ring (bicyclic) bond motifs is 1. The van der Waals surface area contributed by atoms with Gasteiger partial charge in [0, 0.05) is 10.4 Å². The lowest BCUT2D eigenvalue weighted by Crippen LogP contribution is -1.96. The Bertz CT molecular complexity index is 680. The molecule has 0 saturated carbocycles. The Morgan fingerprint density at radius 2 is 1.79 bits per heavy atom. The maximum atomic E-state index is 3.66. The number of aryl methyl sites for hydroxylation is 1. The van der Waals surface area contributed by atoms with Crippen molar-refractivity contribution in [1.82, 2.24) is 0 Å². The molecule has 0 aromatic heterocycles. The Kier molecular flexibility index (Phi) is 3.10. The lowest BCUT2D eigenvalue weighted by molar-refractivity contribution is 0.991. The van der Waals surface area contributed by atoms with E-state index >= 15 is 0 Å². The molecule has 1 heteroatoms. The molecule has 0 radical (unpaired) electrons. The molecule has 0 saturated heterocycles. The molecule has 0 nitrogen and oxygen atoms in total. The maximum absolute atomic E-state index is 3.66. The van der Waals surface area contributed by atoms with Gasteiger partial charge < -0.3 is 0 Å². The van der Waals surface area contributed by atoms with E-state index in [4.69, 9.17) is 0 Å². The van der Waals surface area contributed by atoms with Crippen LogP contribution in [0.15, 0.2) is 40.9 Å². The number of halogens is 1. The number of allylic oxidation sites excluding steroid dienone is 1. The second-order valence-corrected chi connectivity index (χ2v) is 6.17. The van der Waals surface area contributed by atoms with Crippen LogP contribution >= 0.6 is 15.9 Å². The van der Waals surface area contributed by atoms with Crippen LogP contribution < -0.4 is 0 Å². The third-order valence-corrected chi connectivity index (χ3v) is 4.83. The van der Waals surface area contributed by atoms with Crippen molar-refractivity contribution in [3.63, 3.8) is 0 Å². The summed E-state index contributed by atoms with van der Waals surface area (Å²) in [5.74, 6) is 0.488. The highest BCUT2D eigenvalue weighted by Gasteiger charge is 2.21. The number of rotatable bonds is 1. The SMILES string of the molecule is Cc1cccc(-c2ccc(Br)c3c2C(C)C=C3)c1C. The smallest absolute Gasteiger partial charge is 0.0251 e. The lowest BCUT2D eigenvalue weighted by Gasteiger charge is -2.16. The molecule has 0 bridgehead atoms. The Balaban J connectivity index is 2.29. The molecule has 19 heavy (non-hydrogen) atoms. The molecule has 2 aromatic carbocycles. The van der Waals surface area contributed by atoms with Gasteiger partial charge in [-0.15, -0.1) is 0 Å². The fraction of sp³-hybridized carbons (Fsp3) is 0.222. The molecule has 0 heterocycles. The van der Waals surface area contributed by atoms with Gasteiger partial charge in [-0.3, -0.25) is 0 Å². The van der Waals surface area contributed by atoms with E-state index in [-0.39, 0.29) is 0 Å². The summed E-state index contributed by atoms with van der Waals surface area (Å²) >= 11 is 3.66. The van der Waals surface area contributed by atoms with Gasteiger partial charge >= 0.3 is 0 Å². The summed E-state index contributed by atoms with van der Waals surface area (Å²) in [7, 11) is 0. The van der Waals surface area contributed by atoms with Crippen molar-refractivity contribution < 1.29 is 0 Å². The standard InChI is InChI=1S/C18H17Br/c1-11-5-4-6-14(13(11)3)15-9-10-17(19)16-8-7-12(2)18(15)16/h4-10,12H,1-3H3. The van der Waals surface area contributed by atoms with Gasteiger partial charge in [-0.05, 0) is 53.3 Å². The van der Waals surface area contributed by atoms with E-state index in [1.165, 1.54) is 37.9 Å². The van der Waals surface area contributed by atoms with Crippen LogP contribution in [-0.2, 0) is 0 Å². The van der Waals surface area contributed by atoms with Gasteiger partial charge in [0.25, 0.3) is 0 Å². The van der Waals surface area contributed by atoms with Gasteiger partial charge in [-0.25, -0.2) is 0 Å². The van der Waals surface area contributed by atoms with Gasteiger partial charge in [0.05, 0.1) is 0 Å². The molecular weight excluding hydrogens is 296 g/mol. The summed E-state index contributed by atoms with van der Waals surface area (Å²) in [5.41, 5.74) is 8.25. The van der Waals surface area contributed by atoms with Gasteiger partial charge in [0.2, 0.25) is 0 Å². The molecular formula is C18H17Br. The topological polar surface area (TPSA) is 0 Å². The summed E-state index contributed by atoms with van der Waals surface area (Å²) in [6.45, 7) is 6.66. The van der Waals surface area contributed by atoms with Gasteiger partial charge in [0.15, 0.2) is 0 Å². The van der Waals surface area contributed by atoms with Crippen LogP contribution in [0.3, 0.4) is 0 Å². The first-order chi connectivity index (χ1) is 9.09. The average Bonchev–Trinajstić information content (AvgIpc) is 2.78. The van der Waals surface area contributed by atoms with Gasteiger partial charge in [-0.2, -0.15) is 0 Å². The average molecular weight is 313 g/mol. The summed E-state index contributed by atoms with van der Waals surface area (Å²) in [5, 5.41) is 0. The molecule has 96 valence electrons. The zero-order valence-corrected chi connectivity index (χ0v) is 13.1. The second-order valence-electron chi connectivity index (χ2n) is 5.32. The highest BCUT2D eigenvalue weighted by molar-refractivity contribution is 9.10. The first-order valence-electron chi connectivity index (χ1n) is 6.67. The van der Waals surface area contributed by atoms with Crippen LogP contribution in [0.25, 0.3) is 17.2 Å². The Hall–Kier alpha value is -1.34. The third-order valence-electron chi connectivity index (χ3n) is 4.14. The molecule has 2 aromatic rings. The fourth-order valence-corrected chi connectivity index (χ4v) is 3.36. The molecule has 3 rings (SSSR count). The predicted molar refractivity (Wildman–Crippen MR) is 86.5 cm³/mol. The molecule has 1 aliphatic carbocycles. The van der Waals surface area contributed by atoms with E-state index in [0.717, 1.165) is 0 Å². The summed E-state index contributed by atoms with van der Waals surface area (Å²) in [6, 6.07) is 11.0. The van der Waals surface area contributed by atoms with E-state index in [2.05, 4.69) is 79.2 Å². The highest BCUT2D eigenvalue weighted by atomic mass is 79.9. The van der Waals surface area contributed by atoms with E-state index < -0.39 is 0 Å². The maximum Gasteiger partial charge on any atom is 0.0251 e. The number of hydrogen-bond acceptors (Lipinski definition) is 0. The fourth-order valence-electron chi connectivity index (χ4n) is 2.88. The van der Waals surface area contributed by atoms with Crippen LogP contribution in [-0.4, -0.2) is 0 Å². The molecule has 1 atom stereocenters. The van der Waals surface area contributed by atoms with Crippen LogP contribution in [0.4, 0.5) is 0 Å². The van der Waals surface area contributed by atoms with Gasteiger partial charge in [0.1, 0.15) is 0 Å². The monoisotopic (exact) mass is 312 g/mol. The van der Waals surface area contributed by atoms with Crippen molar-refractivity contribution in [2.45, 2.75) is 26.7 Å². The van der Waals surface area contributed by atoms with Crippen LogP contribution in [0.5, 0.6) is 0 Å². The molecule has 0 fully saturated rings.